The smallest absolute Gasteiger partial charge is 0.311 e. The van der Waals surface area contributed by atoms with E-state index in [2.05, 4.69) is 75.8 Å². The van der Waals surface area contributed by atoms with Crippen molar-refractivity contribution in [3.8, 4) is 5.75 Å². The normalized spacial score (nSPS) is 11.9. The largest absolute Gasteiger partial charge is 0.665 e. The molecule has 0 aliphatic heterocycles. The molecule has 3 aromatic rings. The number of rotatable bonds is 8. The maximum absolute atomic E-state index is 12.8. The van der Waals surface area contributed by atoms with Gasteiger partial charge in [-0.05, 0) is 51.5 Å². The molecule has 0 unspecified atom stereocenters. The second-order valence-corrected chi connectivity index (χ2v) is 12.0. The number of ether oxygens (including phenoxy) is 2. The number of esters is 1. The molecule has 0 aliphatic carbocycles. The van der Waals surface area contributed by atoms with Crippen LogP contribution in [0.15, 0.2) is 47.4 Å². The van der Waals surface area contributed by atoms with Crippen LogP contribution in [0.4, 0.5) is 0 Å². The van der Waals surface area contributed by atoms with Gasteiger partial charge in [-0.2, -0.15) is 7.11 Å². The van der Waals surface area contributed by atoms with E-state index in [-0.39, 0.29) is 43.4 Å². The molecule has 0 spiro atoms. The van der Waals surface area contributed by atoms with Crippen LogP contribution >= 0.6 is 11.8 Å². The monoisotopic (exact) mass is 555 g/mol. The quantitative estimate of drug-likeness (QED) is 0.168. The molecule has 2 aromatic carbocycles. The molecule has 0 atom stereocenters. The molecular weight excluding hydrogens is 519 g/mol. The summed E-state index contributed by atoms with van der Waals surface area (Å²) in [5, 5.41) is 1.12. The van der Waals surface area contributed by atoms with Crippen molar-refractivity contribution in [2.45, 2.75) is 71.1 Å². The minimum atomic E-state index is -0.658. The van der Waals surface area contributed by atoms with Gasteiger partial charge in [0.05, 0.1) is 17.8 Å². The Morgan fingerprint density at radius 3 is 2.26 bits per heavy atom. The number of hydrogen-bond acceptors (Lipinski definition) is 4. The molecular formula is C28H36NO3SY-. The molecule has 0 N–H and O–H groups in total. The molecule has 1 aromatic heterocycles. The average Bonchev–Trinajstić information content (AvgIpc) is 3.00. The Hall–Kier alpha value is -1.30. The summed E-state index contributed by atoms with van der Waals surface area (Å²) in [5.74, 6) is 0.549. The van der Waals surface area contributed by atoms with Gasteiger partial charge in [0.1, 0.15) is 0 Å². The Balaban J connectivity index is 0.00000408. The summed E-state index contributed by atoms with van der Waals surface area (Å²) in [6.07, 6.45) is 0.575. The summed E-state index contributed by atoms with van der Waals surface area (Å²) in [7, 11) is 3.60. The van der Waals surface area contributed by atoms with Crippen LogP contribution in [-0.4, -0.2) is 21.9 Å². The predicted molar refractivity (Wildman–Crippen MR) is 138 cm³/mol. The van der Waals surface area contributed by atoms with E-state index in [0.717, 1.165) is 28.9 Å². The first-order chi connectivity index (χ1) is 15.4. The van der Waals surface area contributed by atoms with Gasteiger partial charge in [0.15, 0.2) is 0 Å². The van der Waals surface area contributed by atoms with Gasteiger partial charge in [0, 0.05) is 71.9 Å². The van der Waals surface area contributed by atoms with Crippen LogP contribution in [0.5, 0.6) is 5.75 Å². The van der Waals surface area contributed by atoms with E-state index in [0.29, 0.717) is 13.0 Å². The number of fused-ring (bicyclic) bond motifs is 1. The Labute approximate surface area is 234 Å². The maximum Gasteiger partial charge on any atom is 0.311 e. The second-order valence-electron chi connectivity index (χ2n) is 10.2. The van der Waals surface area contributed by atoms with Crippen molar-refractivity contribution in [2.24, 2.45) is 5.41 Å². The summed E-state index contributed by atoms with van der Waals surface area (Å²) >= 11 is 1.83. The van der Waals surface area contributed by atoms with Crippen molar-refractivity contribution in [1.29, 1.82) is 0 Å². The minimum absolute atomic E-state index is 0. The van der Waals surface area contributed by atoms with Gasteiger partial charge in [0.2, 0.25) is 0 Å². The van der Waals surface area contributed by atoms with E-state index in [4.69, 9.17) is 9.47 Å². The van der Waals surface area contributed by atoms with Gasteiger partial charge in [0.25, 0.3) is 0 Å². The zero-order chi connectivity index (χ0) is 24.4. The molecule has 1 radical (unpaired) electrons. The predicted octanol–water partition coefficient (Wildman–Crippen LogP) is 7.19. The standard InChI is InChI=1S/C28H36NO3S.Y/c1-9-32-26(30)28(6,7)17-24-25(33-27(3,4)5)22-16-21(31-8)14-15-23(22)29(24)18-20-12-10-19(2)11-13-20;/h10-16H,8-9,17-18H2,1-7H3;/q-1;. The van der Waals surface area contributed by atoms with Crippen LogP contribution < -0.4 is 4.74 Å². The second kappa shape index (κ2) is 11.6. The fourth-order valence-corrected chi connectivity index (χ4v) is 5.10. The third-order valence-corrected chi connectivity index (χ3v) is 6.84. The first kappa shape index (κ1) is 28.9. The Morgan fingerprint density at radius 1 is 1.06 bits per heavy atom. The van der Waals surface area contributed by atoms with Gasteiger partial charge in [-0.3, -0.25) is 4.79 Å². The van der Waals surface area contributed by atoms with Gasteiger partial charge >= 0.3 is 5.97 Å². The Bertz CT molecular complexity index is 1130. The first-order valence-corrected chi connectivity index (χ1v) is 12.3. The van der Waals surface area contributed by atoms with Gasteiger partial charge < -0.3 is 14.0 Å². The molecule has 6 heteroatoms. The van der Waals surface area contributed by atoms with E-state index < -0.39 is 5.41 Å². The zero-order valence-corrected chi connectivity index (χ0v) is 25.2. The Kier molecular flexibility index (Phi) is 9.89. The SMILES string of the molecule is [CH2-]Oc1ccc2c(c1)c(SC(C)(C)C)c(CC(C)(C)C(=O)OCC)n2Cc1ccc(C)cc1.[Y]. The summed E-state index contributed by atoms with van der Waals surface area (Å²) in [5.41, 5.74) is 4.06. The summed E-state index contributed by atoms with van der Waals surface area (Å²) in [4.78, 5) is 14.0. The maximum atomic E-state index is 12.8. The third-order valence-electron chi connectivity index (χ3n) is 5.56. The fourth-order valence-electron chi connectivity index (χ4n) is 3.92. The van der Waals surface area contributed by atoms with Crippen molar-refractivity contribution in [1.82, 2.24) is 4.57 Å². The first-order valence-electron chi connectivity index (χ1n) is 11.4. The number of thioether (sulfide) groups is 1. The van der Waals surface area contributed by atoms with Crippen LogP contribution in [-0.2, 0) is 55.2 Å². The number of benzene rings is 2. The molecule has 0 bridgehead atoms. The van der Waals surface area contributed by atoms with Crippen LogP contribution in [0, 0.1) is 19.4 Å². The molecule has 0 saturated carbocycles. The van der Waals surface area contributed by atoms with Gasteiger partial charge in [-0.1, -0.05) is 50.6 Å². The molecule has 0 fully saturated rings. The summed E-state index contributed by atoms with van der Waals surface area (Å²) in [6, 6.07) is 14.7. The van der Waals surface area contributed by atoms with Crippen LogP contribution in [0.1, 0.15) is 58.4 Å². The number of hydrogen-bond donors (Lipinski definition) is 0. The molecule has 0 aliphatic rings. The van der Waals surface area contributed by atoms with Crippen molar-refractivity contribution < 1.29 is 47.0 Å². The summed E-state index contributed by atoms with van der Waals surface area (Å²) in [6.45, 7) is 15.6. The van der Waals surface area contributed by atoms with E-state index in [1.54, 1.807) is 0 Å². The van der Waals surface area contributed by atoms with Crippen LogP contribution in [0.3, 0.4) is 0 Å². The number of carbonyl (C=O) groups is 1. The van der Waals surface area contributed by atoms with Crippen LogP contribution in [0.2, 0.25) is 0 Å². The summed E-state index contributed by atoms with van der Waals surface area (Å²) < 4.78 is 13.1. The van der Waals surface area contributed by atoms with Crippen molar-refractivity contribution >= 4 is 28.6 Å². The van der Waals surface area contributed by atoms with E-state index in [1.165, 1.54) is 16.0 Å². The molecule has 1 heterocycles. The minimum Gasteiger partial charge on any atom is -0.665 e. The van der Waals surface area contributed by atoms with Gasteiger partial charge in [-0.15, -0.1) is 11.8 Å². The van der Waals surface area contributed by atoms with E-state index in [1.807, 2.05) is 38.6 Å². The van der Waals surface area contributed by atoms with Crippen molar-refractivity contribution in [3.05, 3.63) is 66.4 Å². The average molecular weight is 556 g/mol. The third kappa shape index (κ3) is 6.89. The fraction of sp³-hybridized carbons (Fsp3) is 0.429. The topological polar surface area (TPSA) is 40.5 Å². The van der Waals surface area contributed by atoms with Crippen molar-refractivity contribution in [3.63, 3.8) is 0 Å². The molecule has 181 valence electrons. The Morgan fingerprint density at radius 2 is 1.71 bits per heavy atom. The van der Waals surface area contributed by atoms with Crippen molar-refractivity contribution in [2.75, 3.05) is 6.61 Å². The number of aromatic nitrogens is 1. The number of aryl methyl sites for hydroxylation is 1. The van der Waals surface area contributed by atoms with E-state index in [9.17, 15) is 4.79 Å². The van der Waals surface area contributed by atoms with Crippen LogP contribution in [0.25, 0.3) is 10.9 Å². The number of carbonyl (C=O) groups excluding carboxylic acids is 1. The number of nitrogens with zero attached hydrogens (tertiary/aromatic N) is 1. The molecule has 34 heavy (non-hydrogen) atoms. The molecule has 3 rings (SSSR count). The van der Waals surface area contributed by atoms with E-state index >= 15 is 0 Å². The molecule has 0 amide bonds. The zero-order valence-electron chi connectivity index (χ0n) is 21.5. The molecule has 4 nitrogen and oxygen atoms in total. The molecule has 0 saturated heterocycles. The van der Waals surface area contributed by atoms with Gasteiger partial charge in [-0.25, -0.2) is 0 Å².